The normalized spacial score (nSPS) is 17.8. The monoisotopic (exact) mass is 253 g/mol. The Kier molecular flexibility index (Phi) is 3.50. The van der Waals surface area contributed by atoms with Crippen LogP contribution in [0.4, 0.5) is 0 Å². The molecule has 1 aromatic carbocycles. The first-order valence-electron chi connectivity index (χ1n) is 7.27. The van der Waals surface area contributed by atoms with Gasteiger partial charge >= 0.3 is 0 Å². The van der Waals surface area contributed by atoms with Crippen molar-refractivity contribution < 1.29 is 0 Å². The maximum absolute atomic E-state index is 9.13. The molecule has 1 N–H and O–H groups in total. The van der Waals surface area contributed by atoms with Crippen molar-refractivity contribution in [3.63, 3.8) is 0 Å². The summed E-state index contributed by atoms with van der Waals surface area (Å²) < 4.78 is 0. The van der Waals surface area contributed by atoms with E-state index in [1.807, 2.05) is 18.2 Å². The topological polar surface area (TPSA) is 52.5 Å². The van der Waals surface area contributed by atoms with E-state index in [-0.39, 0.29) is 0 Å². The quantitative estimate of drug-likeness (QED) is 0.825. The summed E-state index contributed by atoms with van der Waals surface area (Å²) in [6, 6.07) is 7.99. The number of rotatable bonds is 1. The van der Waals surface area contributed by atoms with E-state index in [1.165, 1.54) is 44.9 Å². The molecule has 1 heterocycles. The van der Waals surface area contributed by atoms with E-state index in [4.69, 9.17) is 10.2 Å². The Labute approximate surface area is 113 Å². The van der Waals surface area contributed by atoms with E-state index < -0.39 is 0 Å². The lowest BCUT2D eigenvalue weighted by atomic mass is 9.91. The van der Waals surface area contributed by atoms with Gasteiger partial charge in [-0.25, -0.2) is 4.98 Å². The second kappa shape index (κ2) is 5.44. The molecule has 0 aliphatic heterocycles. The first-order chi connectivity index (χ1) is 9.38. The van der Waals surface area contributed by atoms with E-state index in [1.54, 1.807) is 0 Å². The maximum atomic E-state index is 9.13. The minimum absolute atomic E-state index is 0.541. The predicted molar refractivity (Wildman–Crippen MR) is 75.9 cm³/mol. The number of hydrogen-bond acceptors (Lipinski definition) is 2. The lowest BCUT2D eigenvalue weighted by Gasteiger charge is -2.17. The molecule has 1 aromatic heterocycles. The number of fused-ring (bicyclic) bond motifs is 1. The van der Waals surface area contributed by atoms with Crippen molar-refractivity contribution >= 4 is 11.0 Å². The second-order valence-electron chi connectivity index (χ2n) is 5.48. The highest BCUT2D eigenvalue weighted by Gasteiger charge is 2.18. The third-order valence-electron chi connectivity index (χ3n) is 4.14. The standard InChI is InChI=1S/C16H19N3/c17-11-13-9-6-10-14-15(13)19-16(18-14)12-7-4-2-1-3-5-8-12/h6,9-10,12H,1-5,7-8H2,(H,18,19). The van der Waals surface area contributed by atoms with Crippen LogP contribution in [0.5, 0.6) is 0 Å². The highest BCUT2D eigenvalue weighted by molar-refractivity contribution is 5.81. The molecule has 0 atom stereocenters. The van der Waals surface area contributed by atoms with E-state index in [2.05, 4.69) is 11.1 Å². The van der Waals surface area contributed by atoms with Crippen LogP contribution in [0.3, 0.4) is 0 Å². The lowest BCUT2D eigenvalue weighted by Crippen LogP contribution is -2.04. The molecule has 0 bridgehead atoms. The van der Waals surface area contributed by atoms with Crippen LogP contribution in [0.1, 0.15) is 62.3 Å². The Hall–Kier alpha value is -1.82. The van der Waals surface area contributed by atoms with Gasteiger partial charge in [-0.05, 0) is 25.0 Å². The smallest absolute Gasteiger partial charge is 0.110 e. The molecule has 3 nitrogen and oxygen atoms in total. The second-order valence-corrected chi connectivity index (χ2v) is 5.48. The molecule has 3 rings (SSSR count). The van der Waals surface area contributed by atoms with Crippen molar-refractivity contribution in [1.82, 2.24) is 9.97 Å². The molecule has 1 aliphatic carbocycles. The number of nitriles is 1. The van der Waals surface area contributed by atoms with E-state index >= 15 is 0 Å². The number of aromatic nitrogens is 2. The first-order valence-corrected chi connectivity index (χ1v) is 7.27. The van der Waals surface area contributed by atoms with Crippen molar-refractivity contribution in [3.05, 3.63) is 29.6 Å². The van der Waals surface area contributed by atoms with Gasteiger partial charge < -0.3 is 4.98 Å². The summed E-state index contributed by atoms with van der Waals surface area (Å²) in [6.45, 7) is 0. The summed E-state index contributed by atoms with van der Waals surface area (Å²) >= 11 is 0. The van der Waals surface area contributed by atoms with E-state index in [0.29, 0.717) is 11.5 Å². The number of hydrogen-bond donors (Lipinski definition) is 1. The number of benzene rings is 1. The fraction of sp³-hybridized carbons (Fsp3) is 0.500. The number of aromatic amines is 1. The van der Waals surface area contributed by atoms with Crippen LogP contribution in [-0.4, -0.2) is 9.97 Å². The molecule has 0 unspecified atom stereocenters. The predicted octanol–water partition coefficient (Wildman–Crippen LogP) is 4.26. The zero-order valence-electron chi connectivity index (χ0n) is 11.2. The Morgan fingerprint density at radius 3 is 2.58 bits per heavy atom. The molecule has 98 valence electrons. The van der Waals surface area contributed by atoms with Gasteiger partial charge in [0.1, 0.15) is 17.4 Å². The maximum Gasteiger partial charge on any atom is 0.110 e. The van der Waals surface area contributed by atoms with E-state index in [0.717, 1.165) is 16.9 Å². The molecule has 19 heavy (non-hydrogen) atoms. The van der Waals surface area contributed by atoms with Crippen LogP contribution in [0.15, 0.2) is 18.2 Å². The SMILES string of the molecule is N#Cc1cccc2[nH]c(C3CCCCCCC3)nc12. The van der Waals surface area contributed by atoms with Gasteiger partial charge in [-0.2, -0.15) is 5.26 Å². The van der Waals surface area contributed by atoms with Gasteiger partial charge in [-0.3, -0.25) is 0 Å². The molecule has 3 heteroatoms. The average Bonchev–Trinajstić information content (AvgIpc) is 2.81. The third kappa shape index (κ3) is 2.49. The first kappa shape index (κ1) is 12.2. The van der Waals surface area contributed by atoms with Gasteiger partial charge in [0, 0.05) is 5.92 Å². The van der Waals surface area contributed by atoms with Crippen molar-refractivity contribution in [3.8, 4) is 6.07 Å². The van der Waals surface area contributed by atoms with Crippen LogP contribution in [-0.2, 0) is 0 Å². The summed E-state index contributed by atoms with van der Waals surface area (Å²) in [5, 5.41) is 9.13. The zero-order chi connectivity index (χ0) is 13.1. The molecular formula is C16H19N3. The highest BCUT2D eigenvalue weighted by Crippen LogP contribution is 2.30. The molecule has 0 saturated heterocycles. The van der Waals surface area contributed by atoms with Crippen molar-refractivity contribution in [2.45, 2.75) is 50.9 Å². The van der Waals surface area contributed by atoms with Gasteiger partial charge in [0.2, 0.25) is 0 Å². The molecule has 0 radical (unpaired) electrons. The van der Waals surface area contributed by atoms with Gasteiger partial charge in [-0.15, -0.1) is 0 Å². The Morgan fingerprint density at radius 1 is 1.11 bits per heavy atom. The number of imidazole rings is 1. The van der Waals surface area contributed by atoms with Crippen LogP contribution >= 0.6 is 0 Å². The molecule has 0 spiro atoms. The van der Waals surface area contributed by atoms with Crippen molar-refractivity contribution in [1.29, 1.82) is 5.26 Å². The minimum Gasteiger partial charge on any atom is -0.342 e. The summed E-state index contributed by atoms with van der Waals surface area (Å²) in [5.74, 6) is 1.62. The molecular weight excluding hydrogens is 234 g/mol. The van der Waals surface area contributed by atoms with Gasteiger partial charge in [0.15, 0.2) is 0 Å². The number of H-pyrrole nitrogens is 1. The Bertz CT molecular complexity index is 598. The van der Waals surface area contributed by atoms with Gasteiger partial charge in [0.05, 0.1) is 11.1 Å². The fourth-order valence-electron chi connectivity index (χ4n) is 3.06. The largest absolute Gasteiger partial charge is 0.342 e. The van der Waals surface area contributed by atoms with Gasteiger partial charge in [-0.1, -0.05) is 38.2 Å². The highest BCUT2D eigenvalue weighted by atomic mass is 14.9. The fourth-order valence-corrected chi connectivity index (χ4v) is 3.06. The number of para-hydroxylation sites is 1. The van der Waals surface area contributed by atoms with Crippen LogP contribution in [0.2, 0.25) is 0 Å². The number of nitrogens with one attached hydrogen (secondary N) is 1. The van der Waals surface area contributed by atoms with Crippen LogP contribution < -0.4 is 0 Å². The molecule has 1 saturated carbocycles. The molecule has 2 aromatic rings. The molecule has 0 amide bonds. The zero-order valence-corrected chi connectivity index (χ0v) is 11.2. The van der Waals surface area contributed by atoms with Crippen LogP contribution in [0.25, 0.3) is 11.0 Å². The van der Waals surface area contributed by atoms with E-state index in [9.17, 15) is 0 Å². The summed E-state index contributed by atoms with van der Waals surface area (Å²) in [6.07, 6.45) is 9.12. The van der Waals surface area contributed by atoms with Crippen molar-refractivity contribution in [2.75, 3.05) is 0 Å². The van der Waals surface area contributed by atoms with Crippen LogP contribution in [0, 0.1) is 11.3 Å². The molecule has 1 aliphatic rings. The lowest BCUT2D eigenvalue weighted by molar-refractivity contribution is 0.445. The summed E-state index contributed by atoms with van der Waals surface area (Å²) in [5.41, 5.74) is 2.50. The third-order valence-corrected chi connectivity index (χ3v) is 4.14. The average molecular weight is 253 g/mol. The summed E-state index contributed by atoms with van der Waals surface area (Å²) in [4.78, 5) is 8.13. The Balaban J connectivity index is 1.94. The Morgan fingerprint density at radius 2 is 1.84 bits per heavy atom. The minimum atomic E-state index is 0.541. The molecule has 1 fully saturated rings. The summed E-state index contributed by atoms with van der Waals surface area (Å²) in [7, 11) is 0. The van der Waals surface area contributed by atoms with Crippen molar-refractivity contribution in [2.24, 2.45) is 0 Å². The number of nitrogens with zero attached hydrogens (tertiary/aromatic N) is 2. The van der Waals surface area contributed by atoms with Gasteiger partial charge in [0.25, 0.3) is 0 Å².